The second-order valence-electron chi connectivity index (χ2n) is 5.96. The first-order valence-corrected chi connectivity index (χ1v) is 9.56. The molecular weight excluding hydrogens is 360 g/mol. The molecule has 2 aromatic carbocycles. The predicted octanol–water partition coefficient (Wildman–Crippen LogP) is 4.72. The normalized spacial score (nSPS) is 17.0. The van der Waals surface area contributed by atoms with Gasteiger partial charge in [0.15, 0.2) is 16.7 Å². The molecule has 2 aromatic rings. The van der Waals surface area contributed by atoms with E-state index in [0.29, 0.717) is 28.2 Å². The molecule has 6 heteroatoms. The first-order chi connectivity index (χ1) is 13.1. The lowest BCUT2D eigenvalue weighted by molar-refractivity contribution is -0.121. The minimum atomic E-state index is -0.0695. The molecule has 5 nitrogen and oxygen atoms in total. The van der Waals surface area contributed by atoms with E-state index in [1.54, 1.807) is 19.1 Å². The van der Waals surface area contributed by atoms with E-state index in [2.05, 4.69) is 11.9 Å². The molecule has 0 saturated carbocycles. The van der Waals surface area contributed by atoms with Crippen molar-refractivity contribution in [3.8, 4) is 11.5 Å². The van der Waals surface area contributed by atoms with Crippen molar-refractivity contribution < 1.29 is 14.3 Å². The number of ether oxygens (including phenoxy) is 2. The number of para-hydroxylation sites is 1. The van der Waals surface area contributed by atoms with Crippen LogP contribution >= 0.6 is 11.8 Å². The molecule has 0 atom stereocenters. The van der Waals surface area contributed by atoms with Gasteiger partial charge in [0.2, 0.25) is 0 Å². The van der Waals surface area contributed by atoms with Crippen LogP contribution in [0.25, 0.3) is 6.08 Å². The van der Waals surface area contributed by atoms with Crippen molar-refractivity contribution in [2.24, 2.45) is 4.99 Å². The SMILES string of the molecule is CCCOc1ccc(/C=C2\SC(=Nc3ccccc3)N(C)C2=O)cc1OC. The maximum Gasteiger partial charge on any atom is 0.266 e. The van der Waals surface area contributed by atoms with Gasteiger partial charge in [-0.3, -0.25) is 9.69 Å². The number of likely N-dealkylation sites (N-methyl/N-ethyl adjacent to an activating group) is 1. The summed E-state index contributed by atoms with van der Waals surface area (Å²) in [5, 5.41) is 0.660. The van der Waals surface area contributed by atoms with Gasteiger partial charge in [-0.2, -0.15) is 0 Å². The van der Waals surface area contributed by atoms with Crippen LogP contribution < -0.4 is 9.47 Å². The lowest BCUT2D eigenvalue weighted by atomic mass is 10.2. The maximum atomic E-state index is 12.6. The zero-order valence-corrected chi connectivity index (χ0v) is 16.5. The first-order valence-electron chi connectivity index (χ1n) is 8.74. The van der Waals surface area contributed by atoms with Gasteiger partial charge in [0.1, 0.15) is 0 Å². The van der Waals surface area contributed by atoms with E-state index >= 15 is 0 Å². The molecule has 0 aliphatic carbocycles. The number of hydrogen-bond acceptors (Lipinski definition) is 5. The van der Waals surface area contributed by atoms with Gasteiger partial charge in [-0.25, -0.2) is 4.99 Å². The van der Waals surface area contributed by atoms with Crippen molar-refractivity contribution in [3.63, 3.8) is 0 Å². The fourth-order valence-corrected chi connectivity index (χ4v) is 3.51. The number of amides is 1. The lowest BCUT2D eigenvalue weighted by Crippen LogP contribution is -2.23. The van der Waals surface area contributed by atoms with E-state index < -0.39 is 0 Å². The molecule has 1 aliphatic heterocycles. The molecule has 1 amide bonds. The van der Waals surface area contributed by atoms with Crippen molar-refractivity contribution in [1.82, 2.24) is 4.90 Å². The Morgan fingerprint density at radius 2 is 1.93 bits per heavy atom. The van der Waals surface area contributed by atoms with Gasteiger partial charge in [-0.05, 0) is 54.1 Å². The van der Waals surface area contributed by atoms with E-state index in [0.717, 1.165) is 17.7 Å². The number of benzene rings is 2. The van der Waals surface area contributed by atoms with Crippen LogP contribution in [0.3, 0.4) is 0 Å². The number of carbonyl (C=O) groups excluding carboxylic acids is 1. The number of amidine groups is 1. The van der Waals surface area contributed by atoms with Crippen LogP contribution in [0.1, 0.15) is 18.9 Å². The molecule has 0 unspecified atom stereocenters. The topological polar surface area (TPSA) is 51.1 Å². The summed E-state index contributed by atoms with van der Waals surface area (Å²) in [7, 11) is 3.35. The second kappa shape index (κ2) is 8.77. The summed E-state index contributed by atoms with van der Waals surface area (Å²) in [5.41, 5.74) is 1.70. The van der Waals surface area contributed by atoms with Crippen LogP contribution in [0.15, 0.2) is 58.4 Å². The summed E-state index contributed by atoms with van der Waals surface area (Å²) in [6, 6.07) is 15.3. The van der Waals surface area contributed by atoms with Gasteiger partial charge >= 0.3 is 0 Å². The van der Waals surface area contributed by atoms with Gasteiger partial charge in [0.05, 0.1) is 24.3 Å². The molecule has 0 radical (unpaired) electrons. The van der Waals surface area contributed by atoms with Crippen LogP contribution in [-0.4, -0.2) is 36.7 Å². The van der Waals surface area contributed by atoms with Gasteiger partial charge < -0.3 is 9.47 Å². The summed E-state index contributed by atoms with van der Waals surface area (Å²) >= 11 is 1.36. The standard InChI is InChI=1S/C21H22N2O3S/c1-4-12-26-17-11-10-15(13-18(17)25-3)14-19-20(24)23(2)21(27-19)22-16-8-6-5-7-9-16/h5-11,13-14H,4,12H2,1-3H3/b19-14-,22-21?. The molecule has 0 bridgehead atoms. The molecule has 0 aromatic heterocycles. The maximum absolute atomic E-state index is 12.6. The van der Waals surface area contributed by atoms with Gasteiger partial charge in [-0.15, -0.1) is 0 Å². The number of methoxy groups -OCH3 is 1. The van der Waals surface area contributed by atoms with Crippen molar-refractivity contribution in [2.75, 3.05) is 20.8 Å². The quantitative estimate of drug-likeness (QED) is 0.679. The summed E-state index contributed by atoms with van der Waals surface area (Å²) < 4.78 is 11.1. The van der Waals surface area contributed by atoms with Crippen LogP contribution in [-0.2, 0) is 4.79 Å². The number of thioether (sulfide) groups is 1. The number of carbonyl (C=O) groups is 1. The monoisotopic (exact) mass is 382 g/mol. The number of aliphatic imine (C=N–C) groups is 1. The van der Waals surface area contributed by atoms with Crippen LogP contribution in [0, 0.1) is 0 Å². The zero-order chi connectivity index (χ0) is 19.2. The molecule has 1 saturated heterocycles. The molecule has 1 fully saturated rings. The first kappa shape index (κ1) is 19.0. The van der Waals surface area contributed by atoms with Gasteiger partial charge in [0.25, 0.3) is 5.91 Å². The minimum absolute atomic E-state index is 0.0695. The molecule has 1 heterocycles. The summed E-state index contributed by atoms with van der Waals surface area (Å²) in [5.74, 6) is 1.29. The largest absolute Gasteiger partial charge is 0.493 e. The Hall–Kier alpha value is -2.73. The third kappa shape index (κ3) is 4.52. The van der Waals surface area contributed by atoms with Crippen molar-refractivity contribution in [1.29, 1.82) is 0 Å². The second-order valence-corrected chi connectivity index (χ2v) is 6.97. The summed E-state index contributed by atoms with van der Waals surface area (Å²) in [6.07, 6.45) is 2.78. The van der Waals surface area contributed by atoms with Crippen molar-refractivity contribution >= 4 is 34.6 Å². The molecule has 27 heavy (non-hydrogen) atoms. The van der Waals surface area contributed by atoms with Gasteiger partial charge in [-0.1, -0.05) is 31.2 Å². The summed E-state index contributed by atoms with van der Waals surface area (Å²) in [6.45, 7) is 2.69. The molecule has 3 rings (SSSR count). The number of rotatable bonds is 6. The van der Waals surface area contributed by atoms with E-state index in [9.17, 15) is 4.79 Å². The molecule has 140 valence electrons. The Kier molecular flexibility index (Phi) is 6.19. The molecular formula is C21H22N2O3S. The Balaban J connectivity index is 1.84. The molecule has 0 spiro atoms. The van der Waals surface area contributed by atoms with Crippen LogP contribution in [0.4, 0.5) is 5.69 Å². The highest BCUT2D eigenvalue weighted by Gasteiger charge is 2.30. The fourth-order valence-electron chi connectivity index (χ4n) is 2.52. The Morgan fingerprint density at radius 1 is 1.15 bits per heavy atom. The van der Waals surface area contributed by atoms with E-state index in [1.165, 1.54) is 11.8 Å². The Morgan fingerprint density at radius 3 is 2.63 bits per heavy atom. The Labute approximate surface area is 163 Å². The number of hydrogen-bond donors (Lipinski definition) is 0. The Bertz CT molecular complexity index is 878. The van der Waals surface area contributed by atoms with E-state index in [4.69, 9.17) is 9.47 Å². The van der Waals surface area contributed by atoms with Crippen LogP contribution in [0.2, 0.25) is 0 Å². The highest BCUT2D eigenvalue weighted by atomic mass is 32.2. The highest BCUT2D eigenvalue weighted by molar-refractivity contribution is 8.18. The lowest BCUT2D eigenvalue weighted by Gasteiger charge is -2.10. The number of nitrogens with zero attached hydrogens (tertiary/aromatic N) is 2. The molecule has 1 aliphatic rings. The van der Waals surface area contributed by atoms with E-state index in [1.807, 2.05) is 54.6 Å². The fraction of sp³-hybridized carbons (Fsp3) is 0.238. The third-order valence-electron chi connectivity index (χ3n) is 3.93. The predicted molar refractivity (Wildman–Crippen MR) is 111 cm³/mol. The van der Waals surface area contributed by atoms with Crippen LogP contribution in [0.5, 0.6) is 11.5 Å². The van der Waals surface area contributed by atoms with Crippen molar-refractivity contribution in [2.45, 2.75) is 13.3 Å². The van der Waals surface area contributed by atoms with Crippen molar-refractivity contribution in [3.05, 3.63) is 59.0 Å². The highest BCUT2D eigenvalue weighted by Crippen LogP contribution is 2.35. The zero-order valence-electron chi connectivity index (χ0n) is 15.6. The summed E-state index contributed by atoms with van der Waals surface area (Å²) in [4.78, 5) is 19.3. The molecule has 0 N–H and O–H groups in total. The third-order valence-corrected chi connectivity index (χ3v) is 4.99. The smallest absolute Gasteiger partial charge is 0.266 e. The average Bonchev–Trinajstić information content (AvgIpc) is 2.95. The average molecular weight is 382 g/mol. The van der Waals surface area contributed by atoms with E-state index in [-0.39, 0.29) is 5.91 Å². The minimum Gasteiger partial charge on any atom is -0.493 e. The van der Waals surface area contributed by atoms with Gasteiger partial charge in [0, 0.05) is 7.05 Å².